The van der Waals surface area contributed by atoms with E-state index in [0.29, 0.717) is 32.4 Å². The van der Waals surface area contributed by atoms with Crippen LogP contribution in [0.5, 0.6) is 0 Å². The van der Waals surface area contributed by atoms with Crippen molar-refractivity contribution in [1.29, 1.82) is 0 Å². The SMILES string of the molecule is CN1C(=O)C[C@@H](c2ccncc2)C12CCN(S(=O)(=O)C1CC1)CC2. The van der Waals surface area contributed by atoms with Crippen LogP contribution in [-0.4, -0.2) is 59.4 Å². The van der Waals surface area contributed by atoms with E-state index in [2.05, 4.69) is 4.98 Å². The summed E-state index contributed by atoms with van der Waals surface area (Å²) in [6, 6.07) is 3.96. The zero-order valence-corrected chi connectivity index (χ0v) is 14.7. The van der Waals surface area contributed by atoms with Crippen molar-refractivity contribution in [2.75, 3.05) is 20.1 Å². The van der Waals surface area contributed by atoms with E-state index in [4.69, 9.17) is 0 Å². The molecule has 1 aliphatic carbocycles. The Labute approximate surface area is 142 Å². The van der Waals surface area contributed by atoms with Gasteiger partial charge in [-0.05, 0) is 43.4 Å². The monoisotopic (exact) mass is 349 g/mol. The molecule has 3 fully saturated rings. The lowest BCUT2D eigenvalue weighted by Gasteiger charge is -2.46. The minimum absolute atomic E-state index is 0.115. The Morgan fingerprint density at radius 2 is 1.79 bits per heavy atom. The molecule has 2 saturated heterocycles. The van der Waals surface area contributed by atoms with Crippen LogP contribution < -0.4 is 0 Å². The van der Waals surface area contributed by atoms with Crippen molar-refractivity contribution < 1.29 is 13.2 Å². The highest BCUT2D eigenvalue weighted by atomic mass is 32.2. The van der Waals surface area contributed by atoms with Gasteiger partial charge in [-0.1, -0.05) is 0 Å². The molecule has 2 aliphatic heterocycles. The van der Waals surface area contributed by atoms with Gasteiger partial charge in [0.1, 0.15) is 0 Å². The maximum Gasteiger partial charge on any atom is 0.223 e. The predicted octanol–water partition coefficient (Wildman–Crippen LogP) is 1.35. The maximum atomic E-state index is 12.5. The van der Waals surface area contributed by atoms with Gasteiger partial charge >= 0.3 is 0 Å². The van der Waals surface area contributed by atoms with Crippen molar-refractivity contribution >= 4 is 15.9 Å². The Morgan fingerprint density at radius 1 is 1.17 bits per heavy atom. The van der Waals surface area contributed by atoms with E-state index in [-0.39, 0.29) is 22.6 Å². The molecule has 1 aromatic heterocycles. The minimum Gasteiger partial charge on any atom is -0.339 e. The molecule has 7 heteroatoms. The standard InChI is InChI=1S/C17H23N3O3S/c1-19-16(21)12-15(13-4-8-18-9-5-13)17(19)6-10-20(11-7-17)24(22,23)14-2-3-14/h4-5,8-9,14-15H,2-3,6-7,10-12H2,1H3/t15-/m0/s1. The van der Waals surface area contributed by atoms with E-state index in [1.165, 1.54) is 0 Å². The van der Waals surface area contributed by atoms with Crippen molar-refractivity contribution in [3.05, 3.63) is 30.1 Å². The Kier molecular flexibility index (Phi) is 3.69. The number of carbonyl (C=O) groups is 1. The van der Waals surface area contributed by atoms with Gasteiger partial charge in [0, 0.05) is 44.9 Å². The van der Waals surface area contributed by atoms with Gasteiger partial charge in [-0.15, -0.1) is 0 Å². The lowest BCUT2D eigenvalue weighted by Crippen LogP contribution is -2.55. The molecular weight excluding hydrogens is 326 g/mol. The highest BCUT2D eigenvalue weighted by molar-refractivity contribution is 7.90. The third-order valence-corrected chi connectivity index (χ3v) is 8.47. The van der Waals surface area contributed by atoms with Crippen LogP contribution in [0.25, 0.3) is 0 Å². The molecule has 0 unspecified atom stereocenters. The number of sulfonamides is 1. The van der Waals surface area contributed by atoms with Crippen molar-refractivity contribution in [3.8, 4) is 0 Å². The fourth-order valence-electron chi connectivity index (χ4n) is 4.40. The number of likely N-dealkylation sites (tertiary alicyclic amines) is 1. The average molecular weight is 349 g/mol. The second kappa shape index (κ2) is 5.52. The quantitative estimate of drug-likeness (QED) is 0.826. The van der Waals surface area contributed by atoms with Crippen LogP contribution in [-0.2, 0) is 14.8 Å². The first-order chi connectivity index (χ1) is 11.4. The zero-order chi connectivity index (χ0) is 16.9. The lowest BCUT2D eigenvalue weighted by atomic mass is 9.74. The number of pyridine rings is 1. The summed E-state index contributed by atoms with van der Waals surface area (Å²) in [7, 11) is -1.26. The molecule has 130 valence electrons. The van der Waals surface area contributed by atoms with Crippen LogP contribution >= 0.6 is 0 Å². The van der Waals surface area contributed by atoms with Crippen LogP contribution in [0, 0.1) is 0 Å². The summed E-state index contributed by atoms with van der Waals surface area (Å²) in [6.45, 7) is 1.02. The summed E-state index contributed by atoms with van der Waals surface area (Å²) in [5.74, 6) is 0.263. The van der Waals surface area contributed by atoms with Gasteiger partial charge < -0.3 is 4.90 Å². The van der Waals surface area contributed by atoms with Gasteiger partial charge in [0.2, 0.25) is 15.9 Å². The van der Waals surface area contributed by atoms with Crippen molar-refractivity contribution in [3.63, 3.8) is 0 Å². The summed E-state index contributed by atoms with van der Waals surface area (Å²) in [5, 5.41) is -0.162. The lowest BCUT2D eigenvalue weighted by molar-refractivity contribution is -0.130. The highest BCUT2D eigenvalue weighted by Crippen LogP contribution is 2.48. The van der Waals surface area contributed by atoms with E-state index >= 15 is 0 Å². The van der Waals surface area contributed by atoms with Crippen molar-refractivity contribution in [2.24, 2.45) is 0 Å². The number of likely N-dealkylation sites (N-methyl/N-ethyl adjacent to an activating group) is 1. The summed E-state index contributed by atoms with van der Waals surface area (Å²) in [4.78, 5) is 18.4. The number of nitrogens with zero attached hydrogens (tertiary/aromatic N) is 3. The van der Waals surface area contributed by atoms with Crippen LogP contribution in [0.15, 0.2) is 24.5 Å². The van der Waals surface area contributed by atoms with Crippen molar-refractivity contribution in [2.45, 2.75) is 48.8 Å². The Morgan fingerprint density at radius 3 is 2.38 bits per heavy atom. The van der Waals surface area contributed by atoms with Gasteiger partial charge in [0.25, 0.3) is 0 Å². The molecule has 4 rings (SSSR count). The molecule has 1 spiro atoms. The molecule has 1 aromatic rings. The highest BCUT2D eigenvalue weighted by Gasteiger charge is 2.54. The summed E-state index contributed by atoms with van der Waals surface area (Å²) in [6.07, 6.45) is 7.01. The number of aromatic nitrogens is 1. The molecule has 0 aromatic carbocycles. The smallest absolute Gasteiger partial charge is 0.223 e. The minimum atomic E-state index is -3.13. The van der Waals surface area contributed by atoms with E-state index in [0.717, 1.165) is 18.4 Å². The molecule has 1 amide bonds. The Balaban J connectivity index is 1.60. The fourth-order valence-corrected chi connectivity index (χ4v) is 6.24. The Bertz CT molecular complexity index is 738. The number of amides is 1. The zero-order valence-electron chi connectivity index (χ0n) is 13.9. The summed E-state index contributed by atoms with van der Waals surface area (Å²) < 4.78 is 26.6. The molecular formula is C17H23N3O3S. The molecule has 1 atom stereocenters. The van der Waals surface area contributed by atoms with Crippen LogP contribution in [0.2, 0.25) is 0 Å². The third kappa shape index (κ3) is 2.37. The number of hydrogen-bond acceptors (Lipinski definition) is 4. The van der Waals surface area contributed by atoms with Crippen LogP contribution in [0.1, 0.15) is 43.6 Å². The van der Waals surface area contributed by atoms with E-state index in [9.17, 15) is 13.2 Å². The van der Waals surface area contributed by atoms with Gasteiger partial charge in [0.05, 0.1) is 10.8 Å². The van der Waals surface area contributed by atoms with Gasteiger partial charge in [-0.3, -0.25) is 9.78 Å². The first-order valence-corrected chi connectivity index (χ1v) is 10.1. The largest absolute Gasteiger partial charge is 0.339 e. The van der Waals surface area contributed by atoms with Gasteiger partial charge in [-0.25, -0.2) is 12.7 Å². The van der Waals surface area contributed by atoms with E-state index in [1.54, 1.807) is 16.7 Å². The molecule has 0 bridgehead atoms. The number of piperidine rings is 1. The van der Waals surface area contributed by atoms with Gasteiger partial charge in [0.15, 0.2) is 0 Å². The summed E-state index contributed by atoms with van der Waals surface area (Å²) in [5.41, 5.74) is 0.856. The second-order valence-corrected chi connectivity index (χ2v) is 9.45. The number of carbonyl (C=O) groups excluding carboxylic acids is 1. The average Bonchev–Trinajstić information content (AvgIpc) is 3.42. The molecule has 6 nitrogen and oxygen atoms in total. The molecule has 24 heavy (non-hydrogen) atoms. The first-order valence-electron chi connectivity index (χ1n) is 8.61. The summed E-state index contributed by atoms with van der Waals surface area (Å²) >= 11 is 0. The topological polar surface area (TPSA) is 70.6 Å². The van der Waals surface area contributed by atoms with Crippen LogP contribution in [0.3, 0.4) is 0 Å². The van der Waals surface area contributed by atoms with E-state index < -0.39 is 10.0 Å². The molecule has 3 aliphatic rings. The van der Waals surface area contributed by atoms with E-state index in [1.807, 2.05) is 24.1 Å². The molecule has 1 saturated carbocycles. The van der Waals surface area contributed by atoms with Gasteiger partial charge in [-0.2, -0.15) is 0 Å². The molecule has 3 heterocycles. The first kappa shape index (κ1) is 16.0. The molecule has 0 radical (unpaired) electrons. The molecule has 0 N–H and O–H groups in total. The number of rotatable bonds is 3. The third-order valence-electron chi connectivity index (χ3n) is 6.07. The predicted molar refractivity (Wildman–Crippen MR) is 89.8 cm³/mol. The maximum absolute atomic E-state index is 12.5. The second-order valence-electron chi connectivity index (χ2n) is 7.24. The van der Waals surface area contributed by atoms with Crippen LogP contribution in [0.4, 0.5) is 0 Å². The fraction of sp³-hybridized carbons (Fsp3) is 0.647. The Hall–Kier alpha value is -1.47. The normalized spacial score (nSPS) is 27.8. The number of hydrogen-bond donors (Lipinski definition) is 0. The van der Waals surface area contributed by atoms with Crippen molar-refractivity contribution in [1.82, 2.24) is 14.2 Å².